The molecule has 1 aromatic heterocycles. The van der Waals surface area contributed by atoms with Crippen molar-refractivity contribution in [3.63, 3.8) is 0 Å². The number of benzene rings is 2. The molecule has 0 radical (unpaired) electrons. The fourth-order valence-corrected chi connectivity index (χ4v) is 4.58. The highest BCUT2D eigenvalue weighted by atomic mass is 32.1. The van der Waals surface area contributed by atoms with Crippen LogP contribution in [-0.2, 0) is 17.8 Å². The molecule has 2 heterocycles. The van der Waals surface area contributed by atoms with E-state index in [0.29, 0.717) is 6.54 Å². The lowest BCUT2D eigenvalue weighted by Gasteiger charge is -2.25. The van der Waals surface area contributed by atoms with Crippen molar-refractivity contribution in [3.05, 3.63) is 76.4 Å². The van der Waals surface area contributed by atoms with Gasteiger partial charge < -0.3 is 4.74 Å². The van der Waals surface area contributed by atoms with Crippen LogP contribution in [0, 0.1) is 5.82 Å². The van der Waals surface area contributed by atoms with Crippen molar-refractivity contribution in [2.75, 3.05) is 20.2 Å². The molecule has 4 rings (SSSR count). The average Bonchev–Trinajstić information content (AvgIpc) is 3.18. The number of carbonyl (C=O) groups is 1. The molecule has 0 aliphatic carbocycles. The van der Waals surface area contributed by atoms with E-state index in [1.54, 1.807) is 36.8 Å². The molecular weight excluding hydrogens is 401 g/mol. The van der Waals surface area contributed by atoms with E-state index in [2.05, 4.69) is 21.5 Å². The Morgan fingerprint density at radius 1 is 1.27 bits per heavy atom. The number of thiophene rings is 1. The van der Waals surface area contributed by atoms with Gasteiger partial charge in [-0.2, -0.15) is 5.10 Å². The Balaban J connectivity index is 1.32. The highest BCUT2D eigenvalue weighted by Crippen LogP contribution is 2.34. The molecule has 0 saturated heterocycles. The topological polar surface area (TPSA) is 53.9 Å². The maximum atomic E-state index is 13.5. The lowest BCUT2D eigenvalue weighted by Crippen LogP contribution is -2.38. The second-order valence-electron chi connectivity index (χ2n) is 7.10. The zero-order chi connectivity index (χ0) is 20.9. The molecule has 30 heavy (non-hydrogen) atoms. The Morgan fingerprint density at radius 3 is 2.87 bits per heavy atom. The Kier molecular flexibility index (Phi) is 6.21. The predicted octanol–water partition coefficient (Wildman–Crippen LogP) is 4.07. The van der Waals surface area contributed by atoms with Crippen molar-refractivity contribution in [2.45, 2.75) is 13.0 Å². The van der Waals surface area contributed by atoms with E-state index in [9.17, 15) is 9.18 Å². The molecule has 0 saturated carbocycles. The maximum absolute atomic E-state index is 13.5. The van der Waals surface area contributed by atoms with Crippen LogP contribution in [0.5, 0.6) is 5.75 Å². The SMILES string of the molecule is COc1ccc(C=NNC(=O)CN2CCc3sc(-c4cccc(F)c4)cc3C2)cc1. The zero-order valence-corrected chi connectivity index (χ0v) is 17.4. The molecule has 2 aromatic carbocycles. The van der Waals surface area contributed by atoms with Crippen molar-refractivity contribution in [3.8, 4) is 16.2 Å². The first-order valence-corrected chi connectivity index (χ1v) is 10.5. The molecule has 7 heteroatoms. The standard InChI is InChI=1S/C23H22FN3O2S/c1-29-20-7-5-16(6-8-20)13-25-26-23(28)15-27-10-9-21-18(14-27)12-22(30-21)17-3-2-4-19(24)11-17/h2-8,11-13H,9-10,14-15H2,1H3,(H,26,28). The van der Waals surface area contributed by atoms with Gasteiger partial charge in [0.05, 0.1) is 19.9 Å². The van der Waals surface area contributed by atoms with Gasteiger partial charge >= 0.3 is 0 Å². The average molecular weight is 424 g/mol. The third-order valence-electron chi connectivity index (χ3n) is 4.94. The predicted molar refractivity (Wildman–Crippen MR) is 117 cm³/mol. The molecule has 0 bridgehead atoms. The van der Waals surface area contributed by atoms with E-state index in [1.165, 1.54) is 16.5 Å². The van der Waals surface area contributed by atoms with Crippen LogP contribution in [0.15, 0.2) is 59.7 Å². The van der Waals surface area contributed by atoms with Crippen LogP contribution < -0.4 is 10.2 Å². The van der Waals surface area contributed by atoms with Gasteiger partial charge in [0.2, 0.25) is 0 Å². The number of amides is 1. The van der Waals surface area contributed by atoms with Gasteiger partial charge in [-0.25, -0.2) is 9.82 Å². The summed E-state index contributed by atoms with van der Waals surface area (Å²) in [6.45, 7) is 1.80. The minimum absolute atomic E-state index is 0.149. The Bertz CT molecular complexity index is 1060. The molecule has 5 nitrogen and oxygen atoms in total. The second-order valence-corrected chi connectivity index (χ2v) is 8.23. The lowest BCUT2D eigenvalue weighted by atomic mass is 10.1. The number of halogens is 1. The molecule has 3 aromatic rings. The summed E-state index contributed by atoms with van der Waals surface area (Å²) >= 11 is 1.71. The van der Waals surface area contributed by atoms with Crippen LogP contribution in [0.4, 0.5) is 4.39 Å². The van der Waals surface area contributed by atoms with Crippen molar-refractivity contribution in [2.24, 2.45) is 5.10 Å². The molecular formula is C23H22FN3O2S. The van der Waals surface area contributed by atoms with Gasteiger partial charge in [-0.1, -0.05) is 12.1 Å². The largest absolute Gasteiger partial charge is 0.497 e. The van der Waals surface area contributed by atoms with Gasteiger partial charge in [-0.05, 0) is 65.6 Å². The molecule has 0 unspecified atom stereocenters. The van der Waals surface area contributed by atoms with Gasteiger partial charge in [-0.15, -0.1) is 11.3 Å². The summed E-state index contributed by atoms with van der Waals surface area (Å²) in [6.07, 6.45) is 2.49. The van der Waals surface area contributed by atoms with E-state index >= 15 is 0 Å². The minimum Gasteiger partial charge on any atom is -0.497 e. The van der Waals surface area contributed by atoms with Crippen LogP contribution in [0.1, 0.15) is 16.0 Å². The Morgan fingerprint density at radius 2 is 2.10 bits per heavy atom. The Hall–Kier alpha value is -3.03. The van der Waals surface area contributed by atoms with Crippen LogP contribution in [0.2, 0.25) is 0 Å². The molecule has 0 spiro atoms. The number of carbonyl (C=O) groups excluding carboxylic acids is 1. The summed E-state index contributed by atoms with van der Waals surface area (Å²) in [5.74, 6) is 0.394. The quantitative estimate of drug-likeness (QED) is 0.480. The molecule has 1 amide bonds. The van der Waals surface area contributed by atoms with Gasteiger partial charge in [0.25, 0.3) is 5.91 Å². The van der Waals surface area contributed by atoms with Crippen LogP contribution >= 0.6 is 11.3 Å². The molecule has 0 atom stereocenters. The number of nitrogens with zero attached hydrogens (tertiary/aromatic N) is 2. The van der Waals surface area contributed by atoms with Crippen molar-refractivity contribution < 1.29 is 13.9 Å². The third kappa shape index (κ3) is 4.93. The van der Waals surface area contributed by atoms with Crippen LogP contribution in [0.3, 0.4) is 0 Å². The monoisotopic (exact) mass is 423 g/mol. The Labute approximate surface area is 178 Å². The van der Waals surface area contributed by atoms with E-state index in [1.807, 2.05) is 30.3 Å². The number of methoxy groups -OCH3 is 1. The van der Waals surface area contributed by atoms with Gasteiger partial charge in [0, 0.05) is 22.8 Å². The first-order chi connectivity index (χ1) is 14.6. The first kappa shape index (κ1) is 20.3. The maximum Gasteiger partial charge on any atom is 0.254 e. The van der Waals surface area contributed by atoms with Gasteiger partial charge in [0.15, 0.2) is 0 Å². The number of ether oxygens (including phenoxy) is 1. The summed E-state index contributed by atoms with van der Waals surface area (Å²) < 4.78 is 18.6. The van der Waals surface area contributed by atoms with E-state index in [0.717, 1.165) is 34.7 Å². The van der Waals surface area contributed by atoms with Gasteiger partial charge in [-0.3, -0.25) is 9.69 Å². The molecule has 1 aliphatic heterocycles. The van der Waals surface area contributed by atoms with E-state index < -0.39 is 0 Å². The summed E-state index contributed by atoms with van der Waals surface area (Å²) in [4.78, 5) is 16.7. The minimum atomic E-state index is -0.229. The lowest BCUT2D eigenvalue weighted by molar-refractivity contribution is -0.122. The number of rotatable bonds is 6. The van der Waals surface area contributed by atoms with Crippen molar-refractivity contribution >= 4 is 23.5 Å². The third-order valence-corrected chi connectivity index (χ3v) is 6.23. The fraction of sp³-hybridized carbons (Fsp3) is 0.217. The van der Waals surface area contributed by atoms with E-state index in [4.69, 9.17) is 4.74 Å². The number of nitrogens with one attached hydrogen (secondary N) is 1. The number of fused-ring (bicyclic) bond motifs is 1. The van der Waals surface area contributed by atoms with Crippen molar-refractivity contribution in [1.29, 1.82) is 0 Å². The highest BCUT2D eigenvalue weighted by molar-refractivity contribution is 7.15. The second kappa shape index (κ2) is 9.19. The molecule has 0 fully saturated rings. The zero-order valence-electron chi connectivity index (χ0n) is 16.6. The molecule has 1 N–H and O–H groups in total. The first-order valence-electron chi connectivity index (χ1n) is 9.66. The molecule has 154 valence electrons. The summed E-state index contributed by atoms with van der Waals surface area (Å²) in [7, 11) is 1.62. The fourth-order valence-electron chi connectivity index (χ4n) is 3.42. The number of hydrogen-bond donors (Lipinski definition) is 1. The van der Waals surface area contributed by atoms with Crippen molar-refractivity contribution in [1.82, 2.24) is 10.3 Å². The smallest absolute Gasteiger partial charge is 0.254 e. The summed E-state index contributed by atoms with van der Waals surface area (Å²) in [5.41, 5.74) is 5.57. The van der Waals surface area contributed by atoms with E-state index in [-0.39, 0.29) is 18.3 Å². The normalized spacial score (nSPS) is 13.9. The number of hydrogen-bond acceptors (Lipinski definition) is 5. The van der Waals surface area contributed by atoms with Crippen LogP contribution in [-0.4, -0.2) is 37.2 Å². The van der Waals surface area contributed by atoms with Gasteiger partial charge in [0.1, 0.15) is 11.6 Å². The summed E-state index contributed by atoms with van der Waals surface area (Å²) in [6, 6.07) is 16.2. The summed E-state index contributed by atoms with van der Waals surface area (Å²) in [5, 5.41) is 4.03. The highest BCUT2D eigenvalue weighted by Gasteiger charge is 2.21. The number of hydrazone groups is 1. The molecule has 1 aliphatic rings. The van der Waals surface area contributed by atoms with Crippen LogP contribution in [0.25, 0.3) is 10.4 Å².